The van der Waals surface area contributed by atoms with Crippen LogP contribution in [-0.2, 0) is 11.3 Å². The summed E-state index contributed by atoms with van der Waals surface area (Å²) in [5.74, 6) is 0. The zero-order valence-electron chi connectivity index (χ0n) is 12.6. The fourth-order valence-electron chi connectivity index (χ4n) is 2.48. The number of ether oxygens (including phenoxy) is 1. The molecule has 0 saturated carbocycles. The van der Waals surface area contributed by atoms with Crippen molar-refractivity contribution in [3.8, 4) is 6.07 Å². The quantitative estimate of drug-likeness (QED) is 0.764. The van der Waals surface area contributed by atoms with Crippen molar-refractivity contribution in [3.05, 3.63) is 65.4 Å². The molecule has 3 aromatic rings. The molecule has 0 aliphatic carbocycles. The van der Waals surface area contributed by atoms with Crippen molar-refractivity contribution in [1.82, 2.24) is 4.98 Å². The van der Waals surface area contributed by atoms with Gasteiger partial charge in [-0.15, -0.1) is 0 Å². The molecule has 2 aromatic carbocycles. The number of carbonyl (C=O) groups is 1. The molecule has 23 heavy (non-hydrogen) atoms. The van der Waals surface area contributed by atoms with Gasteiger partial charge in [-0.25, -0.2) is 4.79 Å². The van der Waals surface area contributed by atoms with Gasteiger partial charge in [0.05, 0.1) is 16.8 Å². The van der Waals surface area contributed by atoms with Crippen LogP contribution < -0.4 is 5.32 Å². The van der Waals surface area contributed by atoms with Crippen molar-refractivity contribution >= 4 is 22.7 Å². The van der Waals surface area contributed by atoms with E-state index in [4.69, 9.17) is 10.00 Å². The minimum Gasteiger partial charge on any atom is -0.444 e. The second-order valence-electron chi connectivity index (χ2n) is 5.18. The summed E-state index contributed by atoms with van der Waals surface area (Å²) in [5.41, 5.74) is 3.76. The summed E-state index contributed by atoms with van der Waals surface area (Å²) in [4.78, 5) is 15.0. The van der Waals surface area contributed by atoms with Gasteiger partial charge in [-0.1, -0.05) is 36.4 Å². The molecule has 1 amide bonds. The van der Waals surface area contributed by atoms with Gasteiger partial charge in [0.1, 0.15) is 12.7 Å². The number of amides is 1. The highest BCUT2D eigenvalue weighted by atomic mass is 16.5. The molecule has 1 aromatic heterocycles. The van der Waals surface area contributed by atoms with Crippen LogP contribution in [0.3, 0.4) is 0 Å². The Bertz CT molecular complexity index is 892. The third-order valence-corrected chi connectivity index (χ3v) is 3.61. The van der Waals surface area contributed by atoms with E-state index in [1.165, 1.54) is 0 Å². The van der Waals surface area contributed by atoms with Crippen LogP contribution in [0.25, 0.3) is 10.9 Å². The third-order valence-electron chi connectivity index (χ3n) is 3.61. The number of nitriles is 1. The molecule has 0 aliphatic rings. The van der Waals surface area contributed by atoms with Crippen LogP contribution in [0.4, 0.5) is 10.5 Å². The summed E-state index contributed by atoms with van der Waals surface area (Å²) in [6.45, 7) is 2.13. The summed E-state index contributed by atoms with van der Waals surface area (Å²) in [5, 5.41) is 12.7. The first-order valence-electron chi connectivity index (χ1n) is 7.17. The number of anilines is 1. The highest BCUT2D eigenvalue weighted by Crippen LogP contribution is 2.28. The van der Waals surface area contributed by atoms with Crippen LogP contribution in [0.1, 0.15) is 16.7 Å². The maximum Gasteiger partial charge on any atom is 0.412 e. The molecular weight excluding hydrogens is 290 g/mol. The molecule has 5 nitrogen and oxygen atoms in total. The predicted molar refractivity (Wildman–Crippen MR) is 88.0 cm³/mol. The monoisotopic (exact) mass is 305 g/mol. The first-order valence-corrected chi connectivity index (χ1v) is 7.17. The summed E-state index contributed by atoms with van der Waals surface area (Å²) in [7, 11) is 0. The van der Waals surface area contributed by atoms with Crippen LogP contribution in [0, 0.1) is 18.3 Å². The van der Waals surface area contributed by atoms with Crippen LogP contribution in [0.5, 0.6) is 0 Å². The van der Waals surface area contributed by atoms with E-state index in [0.29, 0.717) is 11.3 Å². The fourth-order valence-corrected chi connectivity index (χ4v) is 2.48. The number of aromatic nitrogens is 1. The Balaban J connectivity index is 1.77. The number of benzene rings is 2. The number of nitrogens with one attached hydrogen (secondary N) is 2. The maximum atomic E-state index is 12.0. The van der Waals surface area contributed by atoms with Crippen molar-refractivity contribution in [2.24, 2.45) is 0 Å². The number of hydrogen-bond donors (Lipinski definition) is 2. The van der Waals surface area contributed by atoms with Gasteiger partial charge in [0.2, 0.25) is 0 Å². The van der Waals surface area contributed by atoms with Gasteiger partial charge >= 0.3 is 6.09 Å². The van der Waals surface area contributed by atoms with Crippen LogP contribution in [0.15, 0.2) is 48.7 Å². The summed E-state index contributed by atoms with van der Waals surface area (Å²) < 4.78 is 5.22. The normalized spacial score (nSPS) is 10.3. The Morgan fingerprint density at radius 1 is 1.26 bits per heavy atom. The summed E-state index contributed by atoms with van der Waals surface area (Å²) >= 11 is 0. The van der Waals surface area contributed by atoms with Gasteiger partial charge in [0.15, 0.2) is 0 Å². The highest BCUT2D eigenvalue weighted by molar-refractivity contribution is 6.01. The zero-order chi connectivity index (χ0) is 16.2. The van der Waals surface area contributed by atoms with Crippen LogP contribution >= 0.6 is 0 Å². The zero-order valence-corrected chi connectivity index (χ0v) is 12.6. The van der Waals surface area contributed by atoms with Gasteiger partial charge in [0, 0.05) is 11.6 Å². The standard InChI is InChI=1S/C18H15N3O2/c1-12-7-8-15(17-16(12)14(9-19)10-20-17)21-18(22)23-11-13-5-3-2-4-6-13/h2-8,10,20H,11H2,1H3,(H,21,22). The molecule has 2 N–H and O–H groups in total. The van der Waals surface area contributed by atoms with Gasteiger partial charge < -0.3 is 9.72 Å². The second-order valence-corrected chi connectivity index (χ2v) is 5.18. The van der Waals surface area contributed by atoms with E-state index in [2.05, 4.69) is 16.4 Å². The molecule has 0 saturated heterocycles. The van der Waals surface area contributed by atoms with E-state index in [1.807, 2.05) is 43.3 Å². The molecule has 114 valence electrons. The molecule has 0 bridgehead atoms. The van der Waals surface area contributed by atoms with Crippen molar-refractivity contribution < 1.29 is 9.53 Å². The smallest absolute Gasteiger partial charge is 0.412 e. The molecule has 0 spiro atoms. The Kier molecular flexibility index (Phi) is 3.98. The minimum atomic E-state index is -0.535. The number of aromatic amines is 1. The van der Waals surface area contributed by atoms with E-state index in [9.17, 15) is 4.79 Å². The Labute approximate surface area is 133 Å². The molecule has 3 rings (SSSR count). The second kappa shape index (κ2) is 6.24. The largest absolute Gasteiger partial charge is 0.444 e. The van der Waals surface area contributed by atoms with E-state index < -0.39 is 6.09 Å². The number of carbonyl (C=O) groups excluding carboxylic acids is 1. The number of aryl methyl sites for hydroxylation is 1. The summed E-state index contributed by atoms with van der Waals surface area (Å²) in [6, 6.07) is 15.3. The molecule has 1 heterocycles. The van der Waals surface area contributed by atoms with E-state index in [1.54, 1.807) is 12.3 Å². The highest BCUT2D eigenvalue weighted by Gasteiger charge is 2.12. The summed E-state index contributed by atoms with van der Waals surface area (Å²) in [6.07, 6.45) is 1.10. The molecule has 0 atom stereocenters. The average molecular weight is 305 g/mol. The topological polar surface area (TPSA) is 77.9 Å². The lowest BCUT2D eigenvalue weighted by molar-refractivity contribution is 0.155. The maximum absolute atomic E-state index is 12.0. The average Bonchev–Trinajstić information content (AvgIpc) is 3.02. The van der Waals surface area contributed by atoms with Crippen molar-refractivity contribution in [2.75, 3.05) is 5.32 Å². The van der Waals surface area contributed by atoms with Crippen molar-refractivity contribution in [3.63, 3.8) is 0 Å². The van der Waals surface area contributed by atoms with E-state index in [-0.39, 0.29) is 6.61 Å². The molecule has 0 fully saturated rings. The van der Waals surface area contributed by atoms with E-state index in [0.717, 1.165) is 22.0 Å². The van der Waals surface area contributed by atoms with Crippen molar-refractivity contribution in [2.45, 2.75) is 13.5 Å². The SMILES string of the molecule is Cc1ccc(NC(=O)OCc2ccccc2)c2[nH]cc(C#N)c12. The van der Waals surface area contributed by atoms with Gasteiger partial charge in [-0.2, -0.15) is 5.26 Å². The Morgan fingerprint density at radius 2 is 2.04 bits per heavy atom. The van der Waals surface area contributed by atoms with Crippen molar-refractivity contribution in [1.29, 1.82) is 5.26 Å². The lowest BCUT2D eigenvalue weighted by atomic mass is 10.1. The Hall–Kier alpha value is -3.26. The van der Waals surface area contributed by atoms with Gasteiger partial charge in [-0.3, -0.25) is 5.32 Å². The molecule has 0 aliphatic heterocycles. The fraction of sp³-hybridized carbons (Fsp3) is 0.111. The molecule has 0 radical (unpaired) electrons. The lowest BCUT2D eigenvalue weighted by Gasteiger charge is -2.09. The number of H-pyrrole nitrogens is 1. The number of fused-ring (bicyclic) bond motifs is 1. The van der Waals surface area contributed by atoms with E-state index >= 15 is 0 Å². The third kappa shape index (κ3) is 3.01. The number of rotatable bonds is 3. The lowest BCUT2D eigenvalue weighted by Crippen LogP contribution is -2.13. The first kappa shape index (κ1) is 14.7. The molecule has 5 heteroatoms. The van der Waals surface area contributed by atoms with Gasteiger partial charge in [0.25, 0.3) is 0 Å². The Morgan fingerprint density at radius 3 is 2.78 bits per heavy atom. The predicted octanol–water partition coefficient (Wildman–Crippen LogP) is 4.10. The minimum absolute atomic E-state index is 0.204. The number of nitrogens with zero attached hydrogens (tertiary/aromatic N) is 1. The van der Waals surface area contributed by atoms with Crippen LogP contribution in [-0.4, -0.2) is 11.1 Å². The number of hydrogen-bond acceptors (Lipinski definition) is 3. The molecular formula is C18H15N3O2. The van der Waals surface area contributed by atoms with Crippen LogP contribution in [0.2, 0.25) is 0 Å². The van der Waals surface area contributed by atoms with Gasteiger partial charge in [-0.05, 0) is 24.1 Å². The molecule has 0 unspecified atom stereocenters. The first-order chi connectivity index (χ1) is 11.2.